The van der Waals surface area contributed by atoms with Gasteiger partial charge in [0.2, 0.25) is 11.1 Å². The fourth-order valence-corrected chi connectivity index (χ4v) is 3.24. The molecule has 0 fully saturated rings. The van der Waals surface area contributed by atoms with Crippen LogP contribution in [0.4, 0.5) is 5.69 Å². The summed E-state index contributed by atoms with van der Waals surface area (Å²) in [5.41, 5.74) is 2.53. The summed E-state index contributed by atoms with van der Waals surface area (Å²) in [6, 6.07) is 12.8. The van der Waals surface area contributed by atoms with E-state index in [0.29, 0.717) is 16.5 Å². The fourth-order valence-electron chi connectivity index (χ4n) is 2.28. The van der Waals surface area contributed by atoms with Gasteiger partial charge in [-0.15, -0.1) is 5.10 Å². The topological polar surface area (TPSA) is 90.9 Å². The molecule has 134 valence electrons. The highest BCUT2D eigenvalue weighted by molar-refractivity contribution is 9.10. The van der Waals surface area contributed by atoms with E-state index in [1.807, 2.05) is 24.3 Å². The number of aryl methyl sites for hydroxylation is 1. The number of phenolic OH excluding ortho intramolecular Hbond substituents is 1. The van der Waals surface area contributed by atoms with E-state index in [1.54, 1.807) is 18.2 Å². The average molecular weight is 433 g/mol. The second kappa shape index (κ2) is 8.37. The van der Waals surface area contributed by atoms with Crippen molar-refractivity contribution in [1.29, 1.82) is 0 Å². The average Bonchev–Trinajstić information content (AvgIpc) is 3.11. The van der Waals surface area contributed by atoms with Crippen molar-refractivity contribution in [3.8, 4) is 17.1 Å². The molecule has 1 aromatic heterocycles. The minimum Gasteiger partial charge on any atom is -0.507 e. The molecule has 0 saturated heterocycles. The van der Waals surface area contributed by atoms with Crippen molar-refractivity contribution in [1.82, 2.24) is 15.2 Å². The minimum absolute atomic E-state index is 0.106. The number of aromatic nitrogens is 3. The van der Waals surface area contributed by atoms with Crippen LogP contribution in [0.2, 0.25) is 0 Å². The first-order chi connectivity index (χ1) is 12.5. The molecule has 8 heteroatoms. The molecule has 6 nitrogen and oxygen atoms in total. The van der Waals surface area contributed by atoms with E-state index < -0.39 is 0 Å². The number of carbonyl (C=O) groups excluding carboxylic acids is 1. The molecule has 1 heterocycles. The molecule has 3 N–H and O–H groups in total. The first-order valence-corrected chi connectivity index (χ1v) is 9.76. The molecule has 2 aromatic carbocycles. The third-order valence-corrected chi connectivity index (χ3v) is 5.00. The lowest BCUT2D eigenvalue weighted by Gasteiger charge is -2.05. The third-order valence-electron chi connectivity index (χ3n) is 3.66. The van der Waals surface area contributed by atoms with Gasteiger partial charge in [-0.25, -0.2) is 4.98 Å². The summed E-state index contributed by atoms with van der Waals surface area (Å²) >= 11 is 4.58. The van der Waals surface area contributed by atoms with Crippen LogP contribution in [0.25, 0.3) is 11.4 Å². The predicted molar refractivity (Wildman–Crippen MR) is 106 cm³/mol. The van der Waals surface area contributed by atoms with Gasteiger partial charge in [0.15, 0.2) is 5.82 Å². The van der Waals surface area contributed by atoms with Crippen LogP contribution >= 0.6 is 27.7 Å². The van der Waals surface area contributed by atoms with Crippen molar-refractivity contribution in [2.75, 3.05) is 11.1 Å². The molecule has 0 unspecified atom stereocenters. The van der Waals surface area contributed by atoms with Gasteiger partial charge in [-0.3, -0.25) is 9.89 Å². The van der Waals surface area contributed by atoms with Gasteiger partial charge >= 0.3 is 0 Å². The normalized spacial score (nSPS) is 10.7. The summed E-state index contributed by atoms with van der Waals surface area (Å²) in [5.74, 6) is 0.615. The zero-order valence-corrected chi connectivity index (χ0v) is 16.4. The van der Waals surface area contributed by atoms with Crippen molar-refractivity contribution in [2.24, 2.45) is 0 Å². The van der Waals surface area contributed by atoms with Gasteiger partial charge in [-0.2, -0.15) is 0 Å². The molecule has 0 aliphatic carbocycles. The number of nitrogens with one attached hydrogen (secondary N) is 2. The Balaban J connectivity index is 1.59. The number of hydrogen-bond donors (Lipinski definition) is 3. The molecule has 1 amide bonds. The predicted octanol–water partition coefficient (Wildman–Crippen LogP) is 4.23. The maximum Gasteiger partial charge on any atom is 0.234 e. The van der Waals surface area contributed by atoms with E-state index in [-0.39, 0.29) is 17.4 Å². The molecule has 0 atom stereocenters. The van der Waals surface area contributed by atoms with Crippen molar-refractivity contribution in [2.45, 2.75) is 18.5 Å². The van der Waals surface area contributed by atoms with Crippen LogP contribution in [0.5, 0.6) is 5.75 Å². The summed E-state index contributed by atoms with van der Waals surface area (Å²) in [5, 5.41) is 20.1. The molecule has 26 heavy (non-hydrogen) atoms. The smallest absolute Gasteiger partial charge is 0.234 e. The number of H-pyrrole nitrogens is 1. The largest absolute Gasteiger partial charge is 0.507 e. The first kappa shape index (κ1) is 18.5. The Labute approximate surface area is 163 Å². The number of halogens is 1. The molecule has 0 saturated carbocycles. The molecule has 0 radical (unpaired) electrons. The van der Waals surface area contributed by atoms with Crippen LogP contribution in [-0.2, 0) is 11.2 Å². The molecule has 0 aliphatic rings. The number of nitrogens with zero attached hydrogens (tertiary/aromatic N) is 2. The minimum atomic E-state index is -0.129. The lowest BCUT2D eigenvalue weighted by Crippen LogP contribution is -2.14. The lowest BCUT2D eigenvalue weighted by molar-refractivity contribution is -0.113. The van der Waals surface area contributed by atoms with Crippen LogP contribution in [0.15, 0.2) is 52.1 Å². The van der Waals surface area contributed by atoms with Gasteiger partial charge in [0, 0.05) is 10.2 Å². The SMILES string of the molecule is CCc1ccc(NC(=O)CSc2n[nH]c(-c3cc(Br)ccc3O)n2)cc1. The van der Waals surface area contributed by atoms with Crippen LogP contribution in [0.1, 0.15) is 12.5 Å². The van der Waals surface area contributed by atoms with Crippen molar-refractivity contribution >= 4 is 39.3 Å². The monoisotopic (exact) mass is 432 g/mol. The highest BCUT2D eigenvalue weighted by atomic mass is 79.9. The maximum atomic E-state index is 12.1. The Morgan fingerprint density at radius 2 is 2.04 bits per heavy atom. The number of thioether (sulfide) groups is 1. The molecule has 0 aliphatic heterocycles. The Morgan fingerprint density at radius 1 is 1.27 bits per heavy atom. The summed E-state index contributed by atoms with van der Waals surface area (Å²) in [4.78, 5) is 16.4. The standard InChI is InChI=1S/C18H17BrN4O2S/c1-2-11-3-6-13(7-4-11)20-16(25)10-26-18-21-17(22-23-18)14-9-12(19)5-8-15(14)24/h3-9,24H,2,10H2,1H3,(H,20,25)(H,21,22,23). The second-order valence-corrected chi connectivity index (χ2v) is 7.37. The van der Waals surface area contributed by atoms with Gasteiger partial charge < -0.3 is 10.4 Å². The van der Waals surface area contributed by atoms with E-state index >= 15 is 0 Å². The fraction of sp³-hybridized carbons (Fsp3) is 0.167. The van der Waals surface area contributed by atoms with Gasteiger partial charge in [0.1, 0.15) is 5.75 Å². The summed E-state index contributed by atoms with van der Waals surface area (Å²) < 4.78 is 0.823. The number of hydrogen-bond acceptors (Lipinski definition) is 5. The number of anilines is 1. The summed E-state index contributed by atoms with van der Waals surface area (Å²) in [7, 11) is 0. The number of carbonyl (C=O) groups is 1. The molecule has 3 aromatic rings. The Bertz CT molecular complexity index is 912. The zero-order chi connectivity index (χ0) is 18.5. The number of benzene rings is 2. The maximum absolute atomic E-state index is 12.1. The molecular formula is C18H17BrN4O2S. The van der Waals surface area contributed by atoms with Crippen LogP contribution in [0.3, 0.4) is 0 Å². The van der Waals surface area contributed by atoms with Gasteiger partial charge in [-0.1, -0.05) is 46.7 Å². The lowest BCUT2D eigenvalue weighted by atomic mass is 10.1. The Hall–Kier alpha value is -2.32. The summed E-state index contributed by atoms with van der Waals surface area (Å²) in [6.45, 7) is 2.09. The second-order valence-electron chi connectivity index (χ2n) is 5.52. The van der Waals surface area contributed by atoms with Crippen LogP contribution < -0.4 is 5.32 Å². The van der Waals surface area contributed by atoms with E-state index in [2.05, 4.69) is 43.4 Å². The Kier molecular flexibility index (Phi) is 5.95. The number of aromatic amines is 1. The number of phenols is 1. The van der Waals surface area contributed by atoms with E-state index in [9.17, 15) is 9.90 Å². The quantitative estimate of drug-likeness (QED) is 0.506. The highest BCUT2D eigenvalue weighted by Crippen LogP contribution is 2.30. The zero-order valence-electron chi connectivity index (χ0n) is 14.0. The van der Waals surface area contributed by atoms with Crippen LogP contribution in [0, 0.1) is 0 Å². The van der Waals surface area contributed by atoms with Crippen LogP contribution in [-0.4, -0.2) is 31.9 Å². The van der Waals surface area contributed by atoms with E-state index in [1.165, 1.54) is 17.3 Å². The summed E-state index contributed by atoms with van der Waals surface area (Å²) in [6.07, 6.45) is 0.963. The third kappa shape index (κ3) is 4.64. The van der Waals surface area contributed by atoms with Crippen molar-refractivity contribution in [3.63, 3.8) is 0 Å². The molecule has 0 bridgehead atoms. The highest BCUT2D eigenvalue weighted by Gasteiger charge is 2.12. The van der Waals surface area contributed by atoms with Crippen molar-refractivity contribution < 1.29 is 9.90 Å². The van der Waals surface area contributed by atoms with Gasteiger partial charge in [0.25, 0.3) is 0 Å². The van der Waals surface area contributed by atoms with E-state index in [0.717, 1.165) is 16.6 Å². The number of amides is 1. The molecular weight excluding hydrogens is 416 g/mol. The van der Waals surface area contributed by atoms with Gasteiger partial charge in [0.05, 0.1) is 11.3 Å². The molecule has 3 rings (SSSR count). The Morgan fingerprint density at radius 3 is 2.77 bits per heavy atom. The number of aromatic hydroxyl groups is 1. The van der Waals surface area contributed by atoms with Gasteiger partial charge in [-0.05, 0) is 42.3 Å². The first-order valence-electron chi connectivity index (χ1n) is 7.98. The van der Waals surface area contributed by atoms with Crippen molar-refractivity contribution in [3.05, 3.63) is 52.5 Å². The molecule has 0 spiro atoms. The number of rotatable bonds is 6. The van der Waals surface area contributed by atoms with E-state index in [4.69, 9.17) is 0 Å².